The molecule has 3 heterocycles. The first-order valence-electron chi connectivity index (χ1n) is 10.1. The minimum absolute atomic E-state index is 0.602. The normalized spacial score (nSPS) is 15.9. The molecule has 2 aromatic carbocycles. The Kier molecular flexibility index (Phi) is 4.97. The second kappa shape index (κ2) is 7.91. The molecule has 1 saturated heterocycles. The molecule has 0 unspecified atom stereocenters. The van der Waals surface area contributed by atoms with Gasteiger partial charge in [0, 0.05) is 24.5 Å². The molecule has 0 atom stereocenters. The fourth-order valence-electron chi connectivity index (χ4n) is 3.81. The van der Waals surface area contributed by atoms with Gasteiger partial charge in [-0.15, -0.1) is 10.2 Å². The second-order valence-corrected chi connectivity index (χ2v) is 8.07. The molecule has 3 aromatic rings. The monoisotopic (exact) mass is 405 g/mol. The van der Waals surface area contributed by atoms with Gasteiger partial charge in [-0.25, -0.2) is 0 Å². The summed E-state index contributed by atoms with van der Waals surface area (Å²) >= 11 is 1.66. The highest BCUT2D eigenvalue weighted by molar-refractivity contribution is 7.99. The molecule has 2 aliphatic heterocycles. The third kappa shape index (κ3) is 3.51. The fraction of sp³-hybridized carbons (Fsp3) is 0.318. The number of anilines is 1. The number of para-hydroxylation sites is 1. The van der Waals surface area contributed by atoms with Crippen molar-refractivity contribution < 1.29 is 4.74 Å². The maximum Gasteiger partial charge on any atom is 0.212 e. The molecule has 2 aliphatic rings. The van der Waals surface area contributed by atoms with Crippen molar-refractivity contribution in [2.75, 3.05) is 30.3 Å². The summed E-state index contributed by atoms with van der Waals surface area (Å²) in [7, 11) is 0. The van der Waals surface area contributed by atoms with Crippen LogP contribution in [0.3, 0.4) is 0 Å². The van der Waals surface area contributed by atoms with Gasteiger partial charge in [-0.2, -0.15) is 9.78 Å². The van der Waals surface area contributed by atoms with E-state index in [4.69, 9.17) is 9.84 Å². The lowest BCUT2D eigenvalue weighted by molar-refractivity contribution is 0.341. The Balaban J connectivity index is 1.48. The van der Waals surface area contributed by atoms with Crippen LogP contribution in [0.1, 0.15) is 25.3 Å². The Morgan fingerprint density at radius 2 is 1.79 bits per heavy atom. The maximum atomic E-state index is 5.78. The quantitative estimate of drug-likeness (QED) is 0.633. The van der Waals surface area contributed by atoms with Crippen molar-refractivity contribution in [2.45, 2.75) is 24.9 Å². The molecule has 0 radical (unpaired) electrons. The smallest absolute Gasteiger partial charge is 0.212 e. The summed E-state index contributed by atoms with van der Waals surface area (Å²) in [6, 6.07) is 16.7. The van der Waals surface area contributed by atoms with Crippen molar-refractivity contribution in [3.63, 3.8) is 0 Å². The van der Waals surface area contributed by atoms with Crippen LogP contribution in [0.5, 0.6) is 5.75 Å². The van der Waals surface area contributed by atoms with Crippen molar-refractivity contribution >= 4 is 23.2 Å². The number of fused-ring (bicyclic) bond motifs is 1. The van der Waals surface area contributed by atoms with Crippen LogP contribution in [0, 0.1) is 0 Å². The molecule has 0 amide bonds. The number of hydrogen-bond donors (Lipinski definition) is 0. The summed E-state index contributed by atoms with van der Waals surface area (Å²) in [6.45, 7) is 4.89. The highest BCUT2D eigenvalue weighted by atomic mass is 32.2. The van der Waals surface area contributed by atoms with E-state index in [1.54, 1.807) is 11.8 Å². The lowest BCUT2D eigenvalue weighted by Gasteiger charge is -2.19. The molecule has 1 aromatic heterocycles. The summed E-state index contributed by atoms with van der Waals surface area (Å²) in [5.41, 5.74) is 4.38. The Morgan fingerprint density at radius 3 is 2.59 bits per heavy atom. The van der Waals surface area contributed by atoms with E-state index in [9.17, 15) is 0 Å². The van der Waals surface area contributed by atoms with Crippen LogP contribution in [0.25, 0.3) is 11.4 Å². The van der Waals surface area contributed by atoms with Crippen LogP contribution in [0.2, 0.25) is 0 Å². The molecule has 148 valence electrons. The number of nitrogens with zero attached hydrogens (tertiary/aromatic N) is 5. The molecule has 0 spiro atoms. The number of benzene rings is 2. The maximum absolute atomic E-state index is 5.78. The van der Waals surface area contributed by atoms with E-state index in [0.717, 1.165) is 46.6 Å². The van der Waals surface area contributed by atoms with Gasteiger partial charge in [-0.3, -0.25) is 0 Å². The predicted octanol–water partition coefficient (Wildman–Crippen LogP) is 4.30. The van der Waals surface area contributed by atoms with Gasteiger partial charge in [0.15, 0.2) is 5.82 Å². The van der Waals surface area contributed by atoms with E-state index in [-0.39, 0.29) is 0 Å². The van der Waals surface area contributed by atoms with Crippen LogP contribution >= 0.6 is 11.8 Å². The van der Waals surface area contributed by atoms with Gasteiger partial charge in [-0.1, -0.05) is 36.0 Å². The van der Waals surface area contributed by atoms with Crippen LogP contribution in [-0.4, -0.2) is 46.0 Å². The highest BCUT2D eigenvalue weighted by Gasteiger charge is 2.22. The van der Waals surface area contributed by atoms with Gasteiger partial charge in [0.25, 0.3) is 0 Å². The largest absolute Gasteiger partial charge is 0.493 e. The molecular formula is C22H23N5OS. The van der Waals surface area contributed by atoms with Crippen LogP contribution in [0.15, 0.2) is 58.8 Å². The summed E-state index contributed by atoms with van der Waals surface area (Å²) in [4.78, 5) is 2.45. The Labute approximate surface area is 174 Å². The zero-order valence-electron chi connectivity index (χ0n) is 16.4. The van der Waals surface area contributed by atoms with E-state index in [1.165, 1.54) is 18.5 Å². The Bertz CT molecular complexity index is 1040. The first-order chi connectivity index (χ1) is 14.3. The van der Waals surface area contributed by atoms with Crippen molar-refractivity contribution in [2.24, 2.45) is 5.10 Å². The average Bonchev–Trinajstić information content (AvgIpc) is 3.44. The van der Waals surface area contributed by atoms with E-state index in [1.807, 2.05) is 35.9 Å². The summed E-state index contributed by atoms with van der Waals surface area (Å²) in [5, 5.41) is 14.4. The molecule has 0 saturated carbocycles. The molecule has 0 N–H and O–H groups in total. The summed E-state index contributed by atoms with van der Waals surface area (Å²) in [6.07, 6.45) is 2.57. The van der Waals surface area contributed by atoms with Crippen LogP contribution < -0.4 is 9.64 Å². The molecule has 5 rings (SSSR count). The van der Waals surface area contributed by atoms with E-state index >= 15 is 0 Å². The second-order valence-electron chi connectivity index (χ2n) is 7.12. The SMILES string of the molecule is CCOc1ccccc1-c1nnc2n1N=C(c1ccc(N3CCCC3)cc1)CS2. The van der Waals surface area contributed by atoms with Crippen LogP contribution in [-0.2, 0) is 0 Å². The third-order valence-electron chi connectivity index (χ3n) is 5.27. The third-order valence-corrected chi connectivity index (χ3v) is 6.20. The molecule has 29 heavy (non-hydrogen) atoms. The standard InChI is InChI=1S/C22H23N5OS/c1-2-28-20-8-4-3-7-18(20)21-23-24-22-27(21)25-19(15-29-22)16-9-11-17(12-10-16)26-13-5-6-14-26/h3-4,7-12H,2,5-6,13-15H2,1H3. The number of aromatic nitrogens is 3. The molecular weight excluding hydrogens is 382 g/mol. The van der Waals surface area contributed by atoms with Gasteiger partial charge in [0.05, 0.1) is 17.9 Å². The zero-order chi connectivity index (χ0) is 19.6. The molecule has 0 bridgehead atoms. The molecule has 0 aliphatic carbocycles. The highest BCUT2D eigenvalue weighted by Crippen LogP contribution is 2.33. The Morgan fingerprint density at radius 1 is 1.00 bits per heavy atom. The number of thioether (sulfide) groups is 1. The summed E-state index contributed by atoms with van der Waals surface area (Å²) in [5.74, 6) is 2.30. The van der Waals surface area contributed by atoms with Gasteiger partial charge in [0.2, 0.25) is 5.16 Å². The van der Waals surface area contributed by atoms with E-state index in [2.05, 4.69) is 39.4 Å². The number of ether oxygens (including phenoxy) is 1. The fourth-order valence-corrected chi connectivity index (χ4v) is 4.65. The minimum atomic E-state index is 0.602. The van der Waals surface area contributed by atoms with Gasteiger partial charge >= 0.3 is 0 Å². The number of hydrogen-bond acceptors (Lipinski definition) is 6. The average molecular weight is 406 g/mol. The minimum Gasteiger partial charge on any atom is -0.493 e. The molecule has 7 heteroatoms. The zero-order valence-corrected chi connectivity index (χ0v) is 17.2. The first kappa shape index (κ1) is 18.2. The first-order valence-corrected chi connectivity index (χ1v) is 11.1. The van der Waals surface area contributed by atoms with Crippen molar-refractivity contribution in [1.29, 1.82) is 0 Å². The number of rotatable bonds is 5. The van der Waals surface area contributed by atoms with Gasteiger partial charge in [-0.05, 0) is 49.6 Å². The molecule has 6 nitrogen and oxygen atoms in total. The van der Waals surface area contributed by atoms with E-state index < -0.39 is 0 Å². The lowest BCUT2D eigenvalue weighted by Crippen LogP contribution is -2.18. The molecule has 1 fully saturated rings. The van der Waals surface area contributed by atoms with Gasteiger partial charge < -0.3 is 9.64 Å². The van der Waals surface area contributed by atoms with Crippen LogP contribution in [0.4, 0.5) is 5.69 Å². The van der Waals surface area contributed by atoms with Crippen molar-refractivity contribution in [3.8, 4) is 17.1 Å². The lowest BCUT2D eigenvalue weighted by atomic mass is 10.1. The van der Waals surface area contributed by atoms with Crippen molar-refractivity contribution in [1.82, 2.24) is 14.9 Å². The predicted molar refractivity (Wildman–Crippen MR) is 117 cm³/mol. The summed E-state index contributed by atoms with van der Waals surface area (Å²) < 4.78 is 7.63. The topological polar surface area (TPSA) is 55.5 Å². The van der Waals surface area contributed by atoms with E-state index in [0.29, 0.717) is 12.4 Å². The Hall–Kier alpha value is -2.80. The van der Waals surface area contributed by atoms with Gasteiger partial charge in [0.1, 0.15) is 5.75 Å². The van der Waals surface area contributed by atoms with Crippen molar-refractivity contribution in [3.05, 3.63) is 54.1 Å².